The zero-order valence-electron chi connectivity index (χ0n) is 13.2. The molecule has 120 valence electrons. The highest BCUT2D eigenvalue weighted by Crippen LogP contribution is 2.16. The lowest BCUT2D eigenvalue weighted by molar-refractivity contribution is -0.115. The number of nitrogens with one attached hydrogen (secondary N) is 2. The van der Waals surface area contributed by atoms with E-state index in [-0.39, 0.29) is 11.8 Å². The smallest absolute Gasteiger partial charge is 0.253 e. The van der Waals surface area contributed by atoms with Crippen LogP contribution in [0.1, 0.15) is 43.0 Å². The molecule has 5 heteroatoms. The van der Waals surface area contributed by atoms with Crippen molar-refractivity contribution >= 4 is 17.5 Å². The molecule has 5 nitrogen and oxygen atoms in total. The molecule has 0 aromatic heterocycles. The van der Waals surface area contributed by atoms with Crippen LogP contribution < -0.4 is 10.6 Å². The number of unbranched alkanes of at least 4 members (excludes halogenated alkanes) is 1. The molecule has 22 heavy (non-hydrogen) atoms. The Hall–Kier alpha value is -1.88. The molecule has 0 bridgehead atoms. The first-order chi connectivity index (χ1) is 10.7. The second-order valence-electron chi connectivity index (χ2n) is 5.66. The lowest BCUT2D eigenvalue weighted by Crippen LogP contribution is -2.29. The minimum Gasteiger partial charge on any atom is -0.339 e. The normalized spacial score (nSPS) is 14.1. The van der Waals surface area contributed by atoms with E-state index in [0.29, 0.717) is 17.8 Å². The Bertz CT molecular complexity index is 510. The van der Waals surface area contributed by atoms with Crippen molar-refractivity contribution in [3.05, 3.63) is 29.8 Å². The average Bonchev–Trinajstić information content (AvgIpc) is 3.05. The Kier molecular flexibility index (Phi) is 6.40. The maximum absolute atomic E-state index is 12.3. The van der Waals surface area contributed by atoms with Gasteiger partial charge in [-0.3, -0.25) is 9.59 Å². The highest BCUT2D eigenvalue weighted by Gasteiger charge is 2.19. The third kappa shape index (κ3) is 4.84. The molecule has 0 spiro atoms. The number of rotatable bonds is 7. The number of hydrogen-bond acceptors (Lipinski definition) is 3. The number of nitrogens with zero attached hydrogens (tertiary/aromatic N) is 1. The summed E-state index contributed by atoms with van der Waals surface area (Å²) in [5, 5.41) is 5.93. The lowest BCUT2D eigenvalue weighted by atomic mass is 10.1. The quantitative estimate of drug-likeness (QED) is 0.760. The summed E-state index contributed by atoms with van der Waals surface area (Å²) >= 11 is 0. The van der Waals surface area contributed by atoms with Gasteiger partial charge in [-0.1, -0.05) is 19.4 Å². The maximum Gasteiger partial charge on any atom is 0.253 e. The van der Waals surface area contributed by atoms with Crippen LogP contribution in [0.4, 0.5) is 5.69 Å². The fourth-order valence-electron chi connectivity index (χ4n) is 2.54. The third-order valence-corrected chi connectivity index (χ3v) is 3.78. The molecule has 1 aromatic rings. The van der Waals surface area contributed by atoms with Crippen LogP contribution in [-0.2, 0) is 4.79 Å². The zero-order chi connectivity index (χ0) is 15.8. The molecule has 1 aromatic carbocycles. The van der Waals surface area contributed by atoms with E-state index in [1.54, 1.807) is 12.1 Å². The van der Waals surface area contributed by atoms with Gasteiger partial charge in [-0.25, -0.2) is 0 Å². The highest BCUT2D eigenvalue weighted by atomic mass is 16.2. The minimum absolute atomic E-state index is 0.0506. The fourth-order valence-corrected chi connectivity index (χ4v) is 2.54. The standard InChI is InChI=1S/C17H25N3O2/c1-2-3-9-18-13-16(21)19-15-8-6-7-14(12-15)17(22)20-10-4-5-11-20/h6-8,12,18H,2-5,9-11,13H2,1H3,(H,19,21). The summed E-state index contributed by atoms with van der Waals surface area (Å²) in [6, 6.07) is 7.18. The molecule has 1 aliphatic rings. The Morgan fingerprint density at radius 3 is 2.73 bits per heavy atom. The van der Waals surface area contributed by atoms with E-state index < -0.39 is 0 Å². The number of hydrogen-bond donors (Lipinski definition) is 2. The van der Waals surface area contributed by atoms with Crippen LogP contribution in [0, 0.1) is 0 Å². The molecule has 2 N–H and O–H groups in total. The number of benzene rings is 1. The predicted molar refractivity (Wildman–Crippen MR) is 88.0 cm³/mol. The number of likely N-dealkylation sites (tertiary alicyclic amines) is 1. The molecular formula is C17H25N3O2. The Labute approximate surface area is 132 Å². The fraction of sp³-hybridized carbons (Fsp3) is 0.529. The number of amides is 2. The van der Waals surface area contributed by atoms with Gasteiger partial charge >= 0.3 is 0 Å². The van der Waals surface area contributed by atoms with E-state index in [1.807, 2.05) is 17.0 Å². The molecule has 1 saturated heterocycles. The van der Waals surface area contributed by atoms with Crippen molar-refractivity contribution in [2.45, 2.75) is 32.6 Å². The van der Waals surface area contributed by atoms with E-state index in [2.05, 4.69) is 17.6 Å². The molecule has 1 heterocycles. The molecule has 1 aliphatic heterocycles. The van der Waals surface area contributed by atoms with E-state index in [1.165, 1.54) is 0 Å². The summed E-state index contributed by atoms with van der Waals surface area (Å²) in [5.41, 5.74) is 1.31. The zero-order valence-corrected chi connectivity index (χ0v) is 13.2. The highest BCUT2D eigenvalue weighted by molar-refractivity contribution is 5.97. The van der Waals surface area contributed by atoms with Gasteiger partial charge in [0.15, 0.2) is 0 Å². The summed E-state index contributed by atoms with van der Waals surface area (Å²) in [4.78, 5) is 26.0. The maximum atomic E-state index is 12.3. The summed E-state index contributed by atoms with van der Waals surface area (Å²) < 4.78 is 0. The van der Waals surface area contributed by atoms with Crippen LogP contribution in [0.3, 0.4) is 0 Å². The van der Waals surface area contributed by atoms with Crippen molar-refractivity contribution in [3.8, 4) is 0 Å². The molecule has 2 amide bonds. The topological polar surface area (TPSA) is 61.4 Å². The van der Waals surface area contributed by atoms with E-state index in [0.717, 1.165) is 45.3 Å². The van der Waals surface area contributed by atoms with Crippen molar-refractivity contribution in [1.29, 1.82) is 0 Å². The van der Waals surface area contributed by atoms with Crippen LogP contribution in [0.2, 0.25) is 0 Å². The van der Waals surface area contributed by atoms with Gasteiger partial charge < -0.3 is 15.5 Å². The van der Waals surface area contributed by atoms with Crippen molar-refractivity contribution in [3.63, 3.8) is 0 Å². The molecule has 2 rings (SSSR count). The van der Waals surface area contributed by atoms with E-state index >= 15 is 0 Å². The Balaban J connectivity index is 1.88. The Morgan fingerprint density at radius 2 is 2.00 bits per heavy atom. The van der Waals surface area contributed by atoms with Crippen molar-refractivity contribution in [1.82, 2.24) is 10.2 Å². The number of carbonyl (C=O) groups is 2. The second kappa shape index (κ2) is 8.54. The van der Waals surface area contributed by atoms with Gasteiger partial charge in [-0.15, -0.1) is 0 Å². The van der Waals surface area contributed by atoms with Gasteiger partial charge in [0.1, 0.15) is 0 Å². The van der Waals surface area contributed by atoms with Crippen LogP contribution >= 0.6 is 0 Å². The van der Waals surface area contributed by atoms with Gasteiger partial charge in [0.25, 0.3) is 5.91 Å². The first kappa shape index (κ1) is 16.5. The third-order valence-electron chi connectivity index (χ3n) is 3.78. The number of anilines is 1. The summed E-state index contributed by atoms with van der Waals surface area (Å²) in [6.45, 7) is 4.92. The van der Waals surface area contributed by atoms with Crippen LogP contribution in [0.25, 0.3) is 0 Å². The van der Waals surface area contributed by atoms with Gasteiger partial charge in [-0.2, -0.15) is 0 Å². The minimum atomic E-state index is -0.0816. The summed E-state index contributed by atoms with van der Waals surface area (Å²) in [5.74, 6) is -0.0310. The van der Waals surface area contributed by atoms with E-state index in [9.17, 15) is 9.59 Å². The van der Waals surface area contributed by atoms with Gasteiger partial charge in [0.05, 0.1) is 6.54 Å². The van der Waals surface area contributed by atoms with Gasteiger partial charge in [-0.05, 0) is 44.0 Å². The molecule has 0 atom stereocenters. The second-order valence-corrected chi connectivity index (χ2v) is 5.66. The molecule has 0 aliphatic carbocycles. The average molecular weight is 303 g/mol. The monoisotopic (exact) mass is 303 g/mol. The molecule has 0 unspecified atom stereocenters. The predicted octanol–water partition coefficient (Wildman–Crippen LogP) is 2.25. The largest absolute Gasteiger partial charge is 0.339 e. The van der Waals surface area contributed by atoms with Crippen LogP contribution in [0.5, 0.6) is 0 Å². The summed E-state index contributed by atoms with van der Waals surface area (Å²) in [6.07, 6.45) is 4.32. The van der Waals surface area contributed by atoms with Gasteiger partial charge in [0, 0.05) is 24.3 Å². The molecule has 1 fully saturated rings. The molecular weight excluding hydrogens is 278 g/mol. The van der Waals surface area contributed by atoms with Crippen molar-refractivity contribution in [2.24, 2.45) is 0 Å². The summed E-state index contributed by atoms with van der Waals surface area (Å²) in [7, 11) is 0. The van der Waals surface area contributed by atoms with Crippen LogP contribution in [-0.4, -0.2) is 42.9 Å². The Morgan fingerprint density at radius 1 is 1.23 bits per heavy atom. The van der Waals surface area contributed by atoms with Crippen molar-refractivity contribution in [2.75, 3.05) is 31.5 Å². The van der Waals surface area contributed by atoms with Crippen molar-refractivity contribution < 1.29 is 9.59 Å². The number of carbonyl (C=O) groups excluding carboxylic acids is 2. The first-order valence-electron chi connectivity index (χ1n) is 8.10. The van der Waals surface area contributed by atoms with E-state index in [4.69, 9.17) is 0 Å². The lowest BCUT2D eigenvalue weighted by Gasteiger charge is -2.15. The van der Waals surface area contributed by atoms with Crippen LogP contribution in [0.15, 0.2) is 24.3 Å². The molecule has 0 radical (unpaired) electrons. The van der Waals surface area contributed by atoms with Gasteiger partial charge in [0.2, 0.25) is 5.91 Å². The molecule has 0 saturated carbocycles. The SMILES string of the molecule is CCCCNCC(=O)Nc1cccc(C(=O)N2CCCC2)c1. The first-order valence-corrected chi connectivity index (χ1v) is 8.10.